The van der Waals surface area contributed by atoms with Crippen LogP contribution in [0.2, 0.25) is 0 Å². The molecule has 2 nitrogen and oxygen atoms in total. The minimum absolute atomic E-state index is 1.00. The van der Waals surface area contributed by atoms with E-state index in [4.69, 9.17) is 9.97 Å². The van der Waals surface area contributed by atoms with Crippen LogP contribution in [0.5, 0.6) is 0 Å². The van der Waals surface area contributed by atoms with Crippen molar-refractivity contribution >= 4 is 17.0 Å². The highest BCUT2D eigenvalue weighted by molar-refractivity contribution is 5.94. The van der Waals surface area contributed by atoms with E-state index >= 15 is 0 Å². The van der Waals surface area contributed by atoms with Crippen LogP contribution < -0.4 is 0 Å². The lowest BCUT2D eigenvalue weighted by atomic mass is 9.89. The summed E-state index contributed by atoms with van der Waals surface area (Å²) in [6.45, 7) is 0. The van der Waals surface area contributed by atoms with Gasteiger partial charge in [-0.2, -0.15) is 0 Å². The maximum atomic E-state index is 5.10. The molecule has 0 spiro atoms. The zero-order valence-electron chi connectivity index (χ0n) is 21.0. The molecule has 0 atom stereocenters. The van der Waals surface area contributed by atoms with E-state index in [1.165, 1.54) is 33.4 Å². The first kappa shape index (κ1) is 22.4. The molecule has 0 bridgehead atoms. The minimum atomic E-state index is 1.00. The van der Waals surface area contributed by atoms with Crippen LogP contribution in [0.25, 0.3) is 61.6 Å². The number of benzene rings is 4. The fraction of sp³-hybridized carbons (Fsp3) is 0.0556. The van der Waals surface area contributed by atoms with Crippen molar-refractivity contribution in [2.45, 2.75) is 12.8 Å². The molecule has 0 fully saturated rings. The SMILES string of the molecule is C1=Cc2nc(-c3ccc(-c4ccccc4)cc3)cc(-c3cccc(-c4cccc5cccnc45)c3)c2CC1. The lowest BCUT2D eigenvalue weighted by Crippen LogP contribution is -2.02. The van der Waals surface area contributed by atoms with Gasteiger partial charge in [0.2, 0.25) is 0 Å². The number of nitrogens with zero attached hydrogens (tertiary/aromatic N) is 2. The highest BCUT2D eigenvalue weighted by atomic mass is 14.7. The van der Waals surface area contributed by atoms with Gasteiger partial charge in [0.15, 0.2) is 0 Å². The summed E-state index contributed by atoms with van der Waals surface area (Å²) >= 11 is 0. The molecule has 0 amide bonds. The molecule has 7 rings (SSSR count). The average molecular weight is 487 g/mol. The second-order valence-electron chi connectivity index (χ2n) is 9.76. The molecule has 38 heavy (non-hydrogen) atoms. The van der Waals surface area contributed by atoms with Crippen LogP contribution in [0.4, 0.5) is 0 Å². The third kappa shape index (κ3) is 4.10. The summed E-state index contributed by atoms with van der Waals surface area (Å²) in [6, 6.07) is 40.9. The first-order valence-corrected chi connectivity index (χ1v) is 13.1. The van der Waals surface area contributed by atoms with Crippen LogP contribution in [0.1, 0.15) is 17.7 Å². The Bertz CT molecular complexity index is 1790. The molecule has 0 saturated heterocycles. The summed E-state index contributed by atoms with van der Waals surface area (Å²) < 4.78 is 0. The Hall–Kier alpha value is -4.82. The third-order valence-corrected chi connectivity index (χ3v) is 7.40. The van der Waals surface area contributed by atoms with Crippen molar-refractivity contribution in [3.05, 3.63) is 139 Å². The molecule has 1 aliphatic carbocycles. The summed E-state index contributed by atoms with van der Waals surface area (Å²) in [5, 5.41) is 1.16. The molecular weight excluding hydrogens is 460 g/mol. The highest BCUT2D eigenvalue weighted by Crippen LogP contribution is 2.36. The van der Waals surface area contributed by atoms with Crippen LogP contribution in [-0.2, 0) is 6.42 Å². The van der Waals surface area contributed by atoms with E-state index in [9.17, 15) is 0 Å². The second-order valence-corrected chi connectivity index (χ2v) is 9.76. The van der Waals surface area contributed by atoms with Crippen molar-refractivity contribution in [1.82, 2.24) is 9.97 Å². The molecule has 0 radical (unpaired) electrons. The maximum absolute atomic E-state index is 5.10. The van der Waals surface area contributed by atoms with Gasteiger partial charge in [-0.25, -0.2) is 4.98 Å². The molecule has 0 N–H and O–H groups in total. The Morgan fingerprint density at radius 2 is 1.26 bits per heavy atom. The van der Waals surface area contributed by atoms with Crippen molar-refractivity contribution in [1.29, 1.82) is 0 Å². The quantitative estimate of drug-likeness (QED) is 0.248. The fourth-order valence-corrected chi connectivity index (χ4v) is 5.48. The lowest BCUT2D eigenvalue weighted by molar-refractivity contribution is 0.968. The number of hydrogen-bond acceptors (Lipinski definition) is 2. The predicted molar refractivity (Wildman–Crippen MR) is 159 cm³/mol. The maximum Gasteiger partial charge on any atom is 0.0780 e. The van der Waals surface area contributed by atoms with Gasteiger partial charge in [0.1, 0.15) is 0 Å². The molecule has 1 aliphatic rings. The molecule has 6 aromatic rings. The Balaban J connectivity index is 1.34. The number of allylic oxidation sites excluding steroid dienone is 1. The molecule has 180 valence electrons. The number of para-hydroxylation sites is 1. The van der Waals surface area contributed by atoms with Gasteiger partial charge in [-0.1, -0.05) is 103 Å². The van der Waals surface area contributed by atoms with Gasteiger partial charge in [0.25, 0.3) is 0 Å². The first-order valence-electron chi connectivity index (χ1n) is 13.1. The van der Waals surface area contributed by atoms with Crippen LogP contribution in [0.3, 0.4) is 0 Å². The zero-order valence-corrected chi connectivity index (χ0v) is 21.0. The van der Waals surface area contributed by atoms with E-state index in [0.717, 1.165) is 46.3 Å². The summed E-state index contributed by atoms with van der Waals surface area (Å²) in [5.41, 5.74) is 12.8. The molecule has 2 heteroatoms. The monoisotopic (exact) mass is 486 g/mol. The van der Waals surface area contributed by atoms with Gasteiger partial charge in [-0.3, -0.25) is 4.98 Å². The molecule has 2 heterocycles. The van der Waals surface area contributed by atoms with Gasteiger partial charge < -0.3 is 0 Å². The van der Waals surface area contributed by atoms with Crippen LogP contribution in [0.15, 0.2) is 128 Å². The minimum Gasteiger partial charge on any atom is -0.256 e. The van der Waals surface area contributed by atoms with Gasteiger partial charge in [0, 0.05) is 22.7 Å². The molecular formula is C36H26N2. The third-order valence-electron chi connectivity index (χ3n) is 7.40. The fourth-order valence-electron chi connectivity index (χ4n) is 5.48. The summed E-state index contributed by atoms with van der Waals surface area (Å²) in [4.78, 5) is 9.79. The zero-order chi connectivity index (χ0) is 25.3. The predicted octanol–water partition coefficient (Wildman–Crippen LogP) is 9.26. The molecule has 0 saturated carbocycles. The van der Waals surface area contributed by atoms with Gasteiger partial charge >= 0.3 is 0 Å². The van der Waals surface area contributed by atoms with E-state index in [0.29, 0.717) is 0 Å². The molecule has 4 aromatic carbocycles. The standard InChI is InChI=1S/C36H26N2/c1-2-9-25(10-3-1)26-18-20-27(21-19-26)35-24-33(32-15-4-5-17-34(32)38-35)30-13-6-12-29(23-30)31-16-7-11-28-14-8-22-37-36(28)31/h1-3,5-14,16-24H,4,15H2. The van der Waals surface area contributed by atoms with E-state index in [1.54, 1.807) is 0 Å². The normalized spacial score (nSPS) is 12.4. The Kier molecular flexibility index (Phi) is 5.64. The van der Waals surface area contributed by atoms with Crippen LogP contribution in [0, 0.1) is 0 Å². The Morgan fingerprint density at radius 1 is 0.553 bits per heavy atom. The number of pyridine rings is 2. The first-order chi connectivity index (χ1) is 18.8. The lowest BCUT2D eigenvalue weighted by Gasteiger charge is -2.18. The number of fused-ring (bicyclic) bond motifs is 2. The van der Waals surface area contributed by atoms with E-state index in [-0.39, 0.29) is 0 Å². The van der Waals surface area contributed by atoms with Gasteiger partial charge in [0.05, 0.1) is 16.9 Å². The van der Waals surface area contributed by atoms with E-state index < -0.39 is 0 Å². The van der Waals surface area contributed by atoms with E-state index in [2.05, 4.69) is 121 Å². The van der Waals surface area contributed by atoms with E-state index in [1.807, 2.05) is 12.3 Å². The van der Waals surface area contributed by atoms with Gasteiger partial charge in [-0.05, 0) is 70.5 Å². The van der Waals surface area contributed by atoms with Crippen molar-refractivity contribution in [2.24, 2.45) is 0 Å². The topological polar surface area (TPSA) is 25.8 Å². The van der Waals surface area contributed by atoms with Crippen LogP contribution in [-0.4, -0.2) is 9.97 Å². The Labute approximate surface area is 223 Å². The summed E-state index contributed by atoms with van der Waals surface area (Å²) in [6.07, 6.45) is 8.33. The summed E-state index contributed by atoms with van der Waals surface area (Å²) in [5.74, 6) is 0. The number of rotatable bonds is 4. The van der Waals surface area contributed by atoms with Crippen molar-refractivity contribution in [3.63, 3.8) is 0 Å². The van der Waals surface area contributed by atoms with Crippen molar-refractivity contribution in [2.75, 3.05) is 0 Å². The van der Waals surface area contributed by atoms with Crippen molar-refractivity contribution < 1.29 is 0 Å². The molecule has 2 aromatic heterocycles. The van der Waals surface area contributed by atoms with Crippen molar-refractivity contribution in [3.8, 4) is 44.6 Å². The highest BCUT2D eigenvalue weighted by Gasteiger charge is 2.17. The summed E-state index contributed by atoms with van der Waals surface area (Å²) in [7, 11) is 0. The largest absolute Gasteiger partial charge is 0.256 e. The van der Waals surface area contributed by atoms with Gasteiger partial charge in [-0.15, -0.1) is 0 Å². The molecule has 0 unspecified atom stereocenters. The van der Waals surface area contributed by atoms with Crippen LogP contribution >= 0.6 is 0 Å². The Morgan fingerprint density at radius 3 is 2.13 bits per heavy atom. The second kappa shape index (κ2) is 9.57. The molecule has 0 aliphatic heterocycles. The number of hydrogen-bond donors (Lipinski definition) is 0. The smallest absolute Gasteiger partial charge is 0.0780 e. The average Bonchev–Trinajstić information content (AvgIpc) is 3.01. The number of aromatic nitrogens is 2.